The van der Waals surface area contributed by atoms with Crippen LogP contribution in [0.1, 0.15) is 20.8 Å². The first-order chi connectivity index (χ1) is 7.30. The van der Waals surface area contributed by atoms with E-state index in [0.29, 0.717) is 0 Å². The quantitative estimate of drug-likeness (QED) is 0.622. The Morgan fingerprint density at radius 3 is 2.50 bits per heavy atom. The molecule has 5 atom stereocenters. The molecule has 0 aromatic heterocycles. The number of esters is 1. The highest BCUT2D eigenvalue weighted by molar-refractivity contribution is 5.66. The largest absolute Gasteiger partial charge is 0.457 e. The van der Waals surface area contributed by atoms with Crippen LogP contribution < -0.4 is 0 Å². The molecule has 0 spiro atoms. The lowest BCUT2D eigenvalue weighted by molar-refractivity contribution is -0.317. The van der Waals surface area contributed by atoms with Gasteiger partial charge in [-0.3, -0.25) is 4.79 Å². The van der Waals surface area contributed by atoms with Gasteiger partial charge in [0.1, 0.15) is 11.7 Å². The normalized spacial score (nSPS) is 44.1. The standard InChI is InChI=1S/C10H18O6/c1-5-8(16-6(2)11)10(3,13)7(12)9(14-4)15-5/h5,7-9,12-13H,1-4H3/t5-,7-,8-,9+,10+/m0/s1. The zero-order valence-corrected chi connectivity index (χ0v) is 9.84. The zero-order valence-electron chi connectivity index (χ0n) is 9.84. The van der Waals surface area contributed by atoms with Crippen LogP contribution in [-0.4, -0.2) is 53.5 Å². The minimum atomic E-state index is -1.61. The number of hydrogen-bond donors (Lipinski definition) is 2. The van der Waals surface area contributed by atoms with E-state index in [0.717, 1.165) is 0 Å². The van der Waals surface area contributed by atoms with Crippen molar-refractivity contribution in [1.82, 2.24) is 0 Å². The molecule has 0 aliphatic carbocycles. The summed E-state index contributed by atoms with van der Waals surface area (Å²) in [6.07, 6.45) is -3.70. The molecule has 6 heteroatoms. The van der Waals surface area contributed by atoms with Crippen molar-refractivity contribution < 1.29 is 29.2 Å². The highest BCUT2D eigenvalue weighted by atomic mass is 16.7. The van der Waals surface area contributed by atoms with Crippen LogP contribution in [-0.2, 0) is 19.0 Å². The molecular formula is C10H18O6. The Morgan fingerprint density at radius 1 is 1.50 bits per heavy atom. The molecule has 0 aromatic carbocycles. The Balaban J connectivity index is 2.89. The molecule has 6 nitrogen and oxygen atoms in total. The van der Waals surface area contributed by atoms with Crippen LogP contribution in [0.5, 0.6) is 0 Å². The zero-order chi connectivity index (χ0) is 12.5. The number of aliphatic hydroxyl groups excluding tert-OH is 1. The SMILES string of the molecule is CO[C@@H]1O[C@@H](C)[C@H](OC(C)=O)[C@](C)(O)[C@H]1O. The number of hydrogen-bond acceptors (Lipinski definition) is 6. The third-order valence-electron chi connectivity index (χ3n) is 2.73. The second-order valence-corrected chi connectivity index (χ2v) is 4.15. The van der Waals surface area contributed by atoms with Gasteiger partial charge in [0.15, 0.2) is 12.4 Å². The molecule has 0 bridgehead atoms. The highest BCUT2D eigenvalue weighted by Crippen LogP contribution is 2.31. The summed E-state index contributed by atoms with van der Waals surface area (Å²) in [4.78, 5) is 10.9. The maximum absolute atomic E-state index is 10.9. The molecule has 1 fully saturated rings. The fourth-order valence-corrected chi connectivity index (χ4v) is 1.85. The van der Waals surface area contributed by atoms with E-state index in [1.165, 1.54) is 21.0 Å². The van der Waals surface area contributed by atoms with E-state index >= 15 is 0 Å². The van der Waals surface area contributed by atoms with Gasteiger partial charge in [-0.05, 0) is 13.8 Å². The van der Waals surface area contributed by atoms with E-state index in [1.807, 2.05) is 0 Å². The third kappa shape index (κ3) is 2.35. The summed E-state index contributed by atoms with van der Waals surface area (Å²) < 4.78 is 15.1. The molecule has 1 rings (SSSR count). The van der Waals surface area contributed by atoms with Crippen molar-refractivity contribution in [1.29, 1.82) is 0 Å². The minimum absolute atomic E-state index is 0.538. The average Bonchev–Trinajstić information content (AvgIpc) is 2.18. The van der Waals surface area contributed by atoms with E-state index < -0.39 is 36.2 Å². The monoisotopic (exact) mass is 234 g/mol. The number of ether oxygens (including phenoxy) is 3. The Bertz CT molecular complexity index is 264. The summed E-state index contributed by atoms with van der Waals surface area (Å²) in [6.45, 7) is 4.26. The summed E-state index contributed by atoms with van der Waals surface area (Å²) in [7, 11) is 1.36. The van der Waals surface area contributed by atoms with Gasteiger partial charge in [-0.15, -0.1) is 0 Å². The van der Waals surface area contributed by atoms with Crippen LogP contribution in [0.15, 0.2) is 0 Å². The molecule has 0 amide bonds. The number of rotatable bonds is 2. The lowest BCUT2D eigenvalue weighted by Gasteiger charge is -2.46. The first-order valence-electron chi connectivity index (χ1n) is 5.06. The van der Waals surface area contributed by atoms with Crippen molar-refractivity contribution in [3.05, 3.63) is 0 Å². The molecule has 0 unspecified atom stereocenters. The molecule has 2 N–H and O–H groups in total. The molecule has 1 saturated heterocycles. The maximum atomic E-state index is 10.9. The van der Waals surface area contributed by atoms with Crippen LogP contribution in [0.25, 0.3) is 0 Å². The second-order valence-electron chi connectivity index (χ2n) is 4.15. The lowest BCUT2D eigenvalue weighted by atomic mass is 9.86. The maximum Gasteiger partial charge on any atom is 0.303 e. The van der Waals surface area contributed by atoms with Crippen LogP contribution in [0.2, 0.25) is 0 Å². The van der Waals surface area contributed by atoms with Gasteiger partial charge >= 0.3 is 5.97 Å². The predicted octanol–water partition coefficient (Wildman–Crippen LogP) is -0.579. The topological polar surface area (TPSA) is 85.2 Å². The molecule has 1 aliphatic rings. The molecule has 0 aromatic rings. The molecule has 94 valence electrons. The van der Waals surface area contributed by atoms with Crippen molar-refractivity contribution in [3.63, 3.8) is 0 Å². The highest BCUT2D eigenvalue weighted by Gasteiger charge is 2.53. The van der Waals surface area contributed by atoms with E-state index in [4.69, 9.17) is 14.2 Å². The first-order valence-corrected chi connectivity index (χ1v) is 5.06. The number of carbonyl (C=O) groups excluding carboxylic acids is 1. The van der Waals surface area contributed by atoms with Crippen molar-refractivity contribution in [2.24, 2.45) is 0 Å². The molecule has 1 aliphatic heterocycles. The lowest BCUT2D eigenvalue weighted by Crippen LogP contribution is -2.65. The number of methoxy groups -OCH3 is 1. The van der Waals surface area contributed by atoms with Crippen molar-refractivity contribution in [2.75, 3.05) is 7.11 Å². The van der Waals surface area contributed by atoms with E-state index in [-0.39, 0.29) is 0 Å². The Kier molecular flexibility index (Phi) is 3.90. The van der Waals surface area contributed by atoms with Gasteiger partial charge in [0.25, 0.3) is 0 Å². The molecule has 0 saturated carbocycles. The van der Waals surface area contributed by atoms with Gasteiger partial charge in [0, 0.05) is 14.0 Å². The number of aliphatic hydroxyl groups is 2. The van der Waals surface area contributed by atoms with Gasteiger partial charge < -0.3 is 24.4 Å². The average molecular weight is 234 g/mol. The summed E-state index contributed by atoms with van der Waals surface area (Å²) in [5.41, 5.74) is -1.61. The van der Waals surface area contributed by atoms with Crippen LogP contribution in [0.4, 0.5) is 0 Å². The molecule has 1 heterocycles. The number of carbonyl (C=O) groups is 1. The molecular weight excluding hydrogens is 216 g/mol. The van der Waals surface area contributed by atoms with Gasteiger partial charge in [0.05, 0.1) is 6.10 Å². The molecule has 16 heavy (non-hydrogen) atoms. The minimum Gasteiger partial charge on any atom is -0.457 e. The Morgan fingerprint density at radius 2 is 2.06 bits per heavy atom. The van der Waals surface area contributed by atoms with Gasteiger partial charge in [-0.25, -0.2) is 0 Å². The van der Waals surface area contributed by atoms with E-state index in [1.54, 1.807) is 6.92 Å². The fraction of sp³-hybridized carbons (Fsp3) is 0.900. The first kappa shape index (κ1) is 13.4. The summed E-state index contributed by atoms with van der Waals surface area (Å²) in [5.74, 6) is -0.538. The third-order valence-corrected chi connectivity index (χ3v) is 2.73. The summed E-state index contributed by atoms with van der Waals surface area (Å²) in [5, 5.41) is 19.9. The van der Waals surface area contributed by atoms with E-state index in [2.05, 4.69) is 0 Å². The van der Waals surface area contributed by atoms with Crippen LogP contribution >= 0.6 is 0 Å². The Labute approximate surface area is 94.1 Å². The molecule has 0 radical (unpaired) electrons. The Hall–Kier alpha value is -0.690. The summed E-state index contributed by atoms with van der Waals surface area (Å²) >= 11 is 0. The van der Waals surface area contributed by atoms with Crippen molar-refractivity contribution in [3.8, 4) is 0 Å². The van der Waals surface area contributed by atoms with Crippen LogP contribution in [0.3, 0.4) is 0 Å². The summed E-state index contributed by atoms with van der Waals surface area (Å²) in [6, 6.07) is 0. The van der Waals surface area contributed by atoms with E-state index in [9.17, 15) is 15.0 Å². The van der Waals surface area contributed by atoms with Crippen molar-refractivity contribution in [2.45, 2.75) is 51.0 Å². The van der Waals surface area contributed by atoms with Gasteiger partial charge in [-0.2, -0.15) is 0 Å². The fourth-order valence-electron chi connectivity index (χ4n) is 1.85. The smallest absolute Gasteiger partial charge is 0.303 e. The van der Waals surface area contributed by atoms with Crippen molar-refractivity contribution >= 4 is 5.97 Å². The van der Waals surface area contributed by atoms with Crippen LogP contribution in [0, 0.1) is 0 Å². The van der Waals surface area contributed by atoms with Gasteiger partial charge in [0.2, 0.25) is 0 Å². The predicted molar refractivity (Wildman–Crippen MR) is 53.5 cm³/mol. The van der Waals surface area contributed by atoms with Gasteiger partial charge in [-0.1, -0.05) is 0 Å². The second kappa shape index (κ2) is 4.67.